The Morgan fingerprint density at radius 1 is 1.18 bits per heavy atom. The highest BCUT2D eigenvalue weighted by Crippen LogP contribution is 2.25. The zero-order valence-electron chi connectivity index (χ0n) is 9.64. The molecule has 0 bridgehead atoms. The summed E-state index contributed by atoms with van der Waals surface area (Å²) in [6.07, 6.45) is 1.92. The minimum atomic E-state index is -1.78. The van der Waals surface area contributed by atoms with E-state index in [1.165, 1.54) is 6.92 Å². The van der Waals surface area contributed by atoms with E-state index in [1.54, 1.807) is 23.9 Å². The predicted molar refractivity (Wildman–Crippen MR) is 65.3 cm³/mol. The maximum atomic E-state index is 11.0. The fourth-order valence-corrected chi connectivity index (χ4v) is 1.80. The first kappa shape index (κ1) is 13.6. The van der Waals surface area contributed by atoms with Crippen LogP contribution in [0.15, 0.2) is 29.2 Å². The van der Waals surface area contributed by atoms with Gasteiger partial charge in [-0.2, -0.15) is 0 Å². The molecule has 0 spiro atoms. The topological polar surface area (TPSA) is 74.6 Å². The molecule has 0 aromatic heterocycles. The highest BCUT2D eigenvalue weighted by atomic mass is 32.2. The van der Waals surface area contributed by atoms with Gasteiger partial charge in [0.2, 0.25) is 0 Å². The van der Waals surface area contributed by atoms with Gasteiger partial charge in [0.15, 0.2) is 5.41 Å². The first-order valence-electron chi connectivity index (χ1n) is 5.00. The molecule has 17 heavy (non-hydrogen) atoms. The molecular weight excluding hydrogens is 240 g/mol. The molecule has 0 unspecified atom stereocenters. The van der Waals surface area contributed by atoms with Crippen LogP contribution in [0, 0.1) is 5.41 Å². The second-order valence-corrected chi connectivity index (χ2v) is 4.85. The number of aliphatic carboxylic acids is 2. The molecule has 1 aromatic carbocycles. The summed E-state index contributed by atoms with van der Waals surface area (Å²) < 4.78 is 0. The summed E-state index contributed by atoms with van der Waals surface area (Å²) in [5, 5.41) is 18.0. The monoisotopic (exact) mass is 254 g/mol. The van der Waals surface area contributed by atoms with E-state index in [0.29, 0.717) is 5.56 Å². The molecule has 0 radical (unpaired) electrons. The summed E-state index contributed by atoms with van der Waals surface area (Å²) in [5.74, 6) is -2.64. The van der Waals surface area contributed by atoms with Crippen molar-refractivity contribution in [3.05, 3.63) is 29.8 Å². The summed E-state index contributed by atoms with van der Waals surface area (Å²) in [4.78, 5) is 23.1. The Bertz CT molecular complexity index is 411. The summed E-state index contributed by atoms with van der Waals surface area (Å²) in [7, 11) is 0. The van der Waals surface area contributed by atoms with E-state index in [0.717, 1.165) is 4.90 Å². The molecule has 1 rings (SSSR count). The molecular formula is C12H14O4S. The molecule has 5 heteroatoms. The number of carboxylic acids is 2. The van der Waals surface area contributed by atoms with Crippen LogP contribution in [0.5, 0.6) is 0 Å². The fourth-order valence-electron chi connectivity index (χ4n) is 1.39. The summed E-state index contributed by atoms with van der Waals surface area (Å²) >= 11 is 1.58. The average molecular weight is 254 g/mol. The lowest BCUT2D eigenvalue weighted by atomic mass is 9.84. The SMILES string of the molecule is CSc1ccc(CC(C)(C(=O)O)C(=O)O)cc1. The second kappa shape index (κ2) is 5.23. The van der Waals surface area contributed by atoms with Crippen LogP contribution >= 0.6 is 11.8 Å². The largest absolute Gasteiger partial charge is 0.480 e. The van der Waals surface area contributed by atoms with E-state index in [4.69, 9.17) is 10.2 Å². The van der Waals surface area contributed by atoms with Gasteiger partial charge in [-0.15, -0.1) is 11.8 Å². The number of thioether (sulfide) groups is 1. The van der Waals surface area contributed by atoms with Gasteiger partial charge in [0.1, 0.15) is 0 Å². The third-order valence-corrected chi connectivity index (χ3v) is 3.40. The predicted octanol–water partition coefficient (Wildman–Crippen LogP) is 2.13. The van der Waals surface area contributed by atoms with Crippen molar-refractivity contribution in [3.63, 3.8) is 0 Å². The molecule has 0 fully saturated rings. The van der Waals surface area contributed by atoms with Crippen molar-refractivity contribution in [2.24, 2.45) is 5.41 Å². The van der Waals surface area contributed by atoms with Gasteiger partial charge in [0, 0.05) is 4.90 Å². The Hall–Kier alpha value is -1.49. The van der Waals surface area contributed by atoms with Gasteiger partial charge in [-0.1, -0.05) is 12.1 Å². The lowest BCUT2D eigenvalue weighted by molar-refractivity contribution is -0.163. The minimum absolute atomic E-state index is 0.0215. The summed E-state index contributed by atoms with van der Waals surface area (Å²) in [5.41, 5.74) is -1.07. The zero-order chi connectivity index (χ0) is 13.1. The third-order valence-electron chi connectivity index (χ3n) is 2.66. The standard InChI is InChI=1S/C12H14O4S/c1-12(10(13)14,11(15)16)7-8-3-5-9(17-2)6-4-8/h3-6H,7H2,1-2H3,(H,13,14)(H,15,16). The van der Waals surface area contributed by atoms with Crippen molar-refractivity contribution in [2.75, 3.05) is 6.26 Å². The molecule has 0 saturated carbocycles. The van der Waals surface area contributed by atoms with Gasteiger partial charge in [-0.3, -0.25) is 9.59 Å². The van der Waals surface area contributed by atoms with Crippen molar-refractivity contribution in [1.29, 1.82) is 0 Å². The lowest BCUT2D eigenvalue weighted by Crippen LogP contribution is -2.38. The number of benzene rings is 1. The lowest BCUT2D eigenvalue weighted by Gasteiger charge is -2.19. The maximum absolute atomic E-state index is 11.0. The Morgan fingerprint density at radius 2 is 1.65 bits per heavy atom. The van der Waals surface area contributed by atoms with E-state index in [-0.39, 0.29) is 6.42 Å². The van der Waals surface area contributed by atoms with Crippen LogP contribution in [0.2, 0.25) is 0 Å². The molecule has 0 aliphatic heterocycles. The van der Waals surface area contributed by atoms with E-state index in [1.807, 2.05) is 18.4 Å². The number of carboxylic acid groups (broad SMARTS) is 2. The highest BCUT2D eigenvalue weighted by molar-refractivity contribution is 7.98. The van der Waals surface area contributed by atoms with E-state index < -0.39 is 17.4 Å². The van der Waals surface area contributed by atoms with E-state index in [2.05, 4.69) is 0 Å². The van der Waals surface area contributed by atoms with Crippen molar-refractivity contribution in [1.82, 2.24) is 0 Å². The van der Waals surface area contributed by atoms with Crippen LogP contribution in [0.25, 0.3) is 0 Å². The third kappa shape index (κ3) is 3.00. The van der Waals surface area contributed by atoms with Crippen LogP contribution in [0.1, 0.15) is 12.5 Å². The highest BCUT2D eigenvalue weighted by Gasteiger charge is 2.41. The van der Waals surface area contributed by atoms with Crippen LogP contribution in [0.3, 0.4) is 0 Å². The van der Waals surface area contributed by atoms with Crippen molar-refractivity contribution < 1.29 is 19.8 Å². The number of hydrogen-bond donors (Lipinski definition) is 2. The molecule has 0 saturated heterocycles. The first-order chi connectivity index (χ1) is 7.90. The van der Waals surface area contributed by atoms with Gasteiger partial charge >= 0.3 is 11.9 Å². The molecule has 1 aromatic rings. The first-order valence-corrected chi connectivity index (χ1v) is 6.22. The molecule has 92 valence electrons. The molecule has 0 heterocycles. The van der Waals surface area contributed by atoms with Crippen LogP contribution < -0.4 is 0 Å². The zero-order valence-corrected chi connectivity index (χ0v) is 10.5. The minimum Gasteiger partial charge on any atom is -0.480 e. The van der Waals surface area contributed by atoms with Crippen LogP contribution in [0.4, 0.5) is 0 Å². The maximum Gasteiger partial charge on any atom is 0.321 e. The van der Waals surface area contributed by atoms with Crippen LogP contribution in [-0.4, -0.2) is 28.4 Å². The van der Waals surface area contributed by atoms with Crippen LogP contribution in [-0.2, 0) is 16.0 Å². The smallest absolute Gasteiger partial charge is 0.321 e. The Morgan fingerprint density at radius 3 is 2.00 bits per heavy atom. The summed E-state index contributed by atoms with van der Waals surface area (Å²) in [6.45, 7) is 1.22. The number of rotatable bonds is 5. The Kier molecular flexibility index (Phi) is 4.17. The van der Waals surface area contributed by atoms with Gasteiger partial charge in [-0.25, -0.2) is 0 Å². The quantitative estimate of drug-likeness (QED) is 0.622. The van der Waals surface area contributed by atoms with Gasteiger partial charge < -0.3 is 10.2 Å². The van der Waals surface area contributed by atoms with E-state index >= 15 is 0 Å². The van der Waals surface area contributed by atoms with Gasteiger partial charge in [0.05, 0.1) is 0 Å². The number of carbonyl (C=O) groups is 2. The Labute approximate surface area is 104 Å². The van der Waals surface area contributed by atoms with E-state index in [9.17, 15) is 9.59 Å². The Balaban J connectivity index is 2.94. The second-order valence-electron chi connectivity index (χ2n) is 3.97. The van der Waals surface area contributed by atoms with Crippen molar-refractivity contribution >= 4 is 23.7 Å². The molecule has 2 N–H and O–H groups in total. The van der Waals surface area contributed by atoms with Crippen molar-refractivity contribution in [3.8, 4) is 0 Å². The molecule has 0 amide bonds. The van der Waals surface area contributed by atoms with Gasteiger partial charge in [0.25, 0.3) is 0 Å². The normalized spacial score (nSPS) is 11.2. The molecule has 0 atom stereocenters. The number of hydrogen-bond acceptors (Lipinski definition) is 3. The summed E-state index contributed by atoms with van der Waals surface area (Å²) in [6, 6.07) is 7.22. The molecule has 4 nitrogen and oxygen atoms in total. The fraction of sp³-hybridized carbons (Fsp3) is 0.333. The van der Waals surface area contributed by atoms with Gasteiger partial charge in [-0.05, 0) is 37.3 Å². The van der Waals surface area contributed by atoms with Crippen molar-refractivity contribution in [2.45, 2.75) is 18.2 Å². The molecule has 0 aliphatic rings. The molecule has 0 aliphatic carbocycles. The average Bonchev–Trinajstić information content (AvgIpc) is 2.29.